The van der Waals surface area contributed by atoms with Gasteiger partial charge in [0.05, 0.1) is 19.0 Å². The zero-order valence-electron chi connectivity index (χ0n) is 12.4. The van der Waals surface area contributed by atoms with Gasteiger partial charge >= 0.3 is 5.97 Å². The Morgan fingerprint density at radius 3 is 2.77 bits per heavy atom. The van der Waals surface area contributed by atoms with Gasteiger partial charge < -0.3 is 24.9 Å². The lowest BCUT2D eigenvalue weighted by Crippen LogP contribution is -2.57. The molecule has 122 valence electrons. The molecule has 22 heavy (non-hydrogen) atoms. The Morgan fingerprint density at radius 1 is 1.41 bits per heavy atom. The van der Waals surface area contributed by atoms with Gasteiger partial charge in [0.2, 0.25) is 11.8 Å². The Balaban J connectivity index is 2.68. The number of carboxylic acid groups (broad SMARTS) is 1. The highest BCUT2D eigenvalue weighted by atomic mass is 16.5. The summed E-state index contributed by atoms with van der Waals surface area (Å²) >= 11 is 0. The normalized spacial score (nSPS) is 18.1. The fraction of sp³-hybridized carbons (Fsp3) is 0.571. The van der Waals surface area contributed by atoms with Crippen molar-refractivity contribution in [2.45, 2.75) is 32.2 Å². The first-order valence-electron chi connectivity index (χ1n) is 7.08. The van der Waals surface area contributed by atoms with Gasteiger partial charge in [-0.2, -0.15) is 0 Å². The molecule has 0 radical (unpaired) electrons. The maximum atomic E-state index is 11.9. The number of hydrogen-bond acceptors (Lipinski definition) is 6. The number of aliphatic carboxylic acids is 1. The lowest BCUT2D eigenvalue weighted by molar-refractivity contribution is -0.297. The third-order valence-electron chi connectivity index (χ3n) is 3.10. The molecule has 0 aliphatic carbocycles. The predicted octanol–water partition coefficient (Wildman–Crippen LogP) is -1.65. The van der Waals surface area contributed by atoms with Crippen LogP contribution in [0.5, 0.6) is 0 Å². The topological polar surface area (TPSA) is 116 Å². The highest BCUT2D eigenvalue weighted by Gasteiger charge is 2.34. The second kappa shape index (κ2) is 8.81. The van der Waals surface area contributed by atoms with Gasteiger partial charge in [0.15, 0.2) is 0 Å². The second-order valence-corrected chi connectivity index (χ2v) is 4.77. The van der Waals surface area contributed by atoms with Crippen molar-refractivity contribution in [1.82, 2.24) is 10.2 Å². The van der Waals surface area contributed by atoms with Crippen LogP contribution in [0.4, 0.5) is 0 Å². The molecule has 1 fully saturated rings. The van der Waals surface area contributed by atoms with Crippen LogP contribution in [0.3, 0.4) is 0 Å². The van der Waals surface area contributed by atoms with Gasteiger partial charge in [0.1, 0.15) is 6.04 Å². The molecule has 0 spiro atoms. The van der Waals surface area contributed by atoms with Crippen molar-refractivity contribution in [2.24, 2.45) is 0 Å². The Morgan fingerprint density at radius 2 is 2.14 bits per heavy atom. The van der Waals surface area contributed by atoms with E-state index in [0.717, 1.165) is 23.8 Å². The van der Waals surface area contributed by atoms with Gasteiger partial charge in [-0.15, -0.1) is 0 Å². The van der Waals surface area contributed by atoms with Gasteiger partial charge in [-0.25, -0.2) is 0 Å². The minimum atomic E-state index is -1.51. The van der Waals surface area contributed by atoms with Gasteiger partial charge in [-0.05, 0) is 12.5 Å². The van der Waals surface area contributed by atoms with Crippen LogP contribution in [0.25, 0.3) is 0 Å². The second-order valence-electron chi connectivity index (χ2n) is 4.77. The number of carbonyl (C=O) groups excluding carboxylic acids is 4. The summed E-state index contributed by atoms with van der Waals surface area (Å²) in [6, 6.07) is -0.998. The molecule has 0 aromatic rings. The highest BCUT2D eigenvalue weighted by molar-refractivity contribution is 5.98. The molecule has 1 aliphatic heterocycles. The molecular weight excluding hydrogens is 292 g/mol. The van der Waals surface area contributed by atoms with E-state index in [1.807, 2.05) is 6.92 Å². The van der Waals surface area contributed by atoms with Crippen LogP contribution >= 0.6 is 0 Å². The molecule has 8 heteroatoms. The fourth-order valence-corrected chi connectivity index (χ4v) is 1.96. The number of unbranched alkanes of at least 4 members (excludes halogenated alkanes) is 1. The van der Waals surface area contributed by atoms with Crippen molar-refractivity contribution >= 4 is 23.8 Å². The molecule has 0 saturated carbocycles. The molecule has 2 amide bonds. The first kappa shape index (κ1) is 17.7. The summed E-state index contributed by atoms with van der Waals surface area (Å²) in [5.41, 5.74) is 0. The van der Waals surface area contributed by atoms with Crippen molar-refractivity contribution in [3.05, 3.63) is 12.2 Å². The standard InChI is InChI=1S/C14H20N2O6/c1-2-3-8-22-13(20)9-10-14(21)15-6-7-16(10)11(17)4-5-12(18)19/h4-5,10H,2-3,6-9H2,1H3,(H,15,21)(H,18,19)/p-1/b5-4+/t10-/m1/s1. The lowest BCUT2D eigenvalue weighted by Gasteiger charge is -2.33. The van der Waals surface area contributed by atoms with E-state index in [1.54, 1.807) is 0 Å². The summed E-state index contributed by atoms with van der Waals surface area (Å²) < 4.78 is 4.98. The number of carboxylic acids is 1. The van der Waals surface area contributed by atoms with Crippen LogP contribution in [-0.4, -0.2) is 54.4 Å². The quantitative estimate of drug-likeness (QED) is 0.342. The van der Waals surface area contributed by atoms with Crippen molar-refractivity contribution in [1.29, 1.82) is 0 Å². The van der Waals surface area contributed by atoms with Crippen LogP contribution in [-0.2, 0) is 23.9 Å². The Kier molecular flexibility index (Phi) is 7.07. The van der Waals surface area contributed by atoms with Crippen LogP contribution in [0, 0.1) is 0 Å². The number of ether oxygens (including phenoxy) is 1. The first-order valence-corrected chi connectivity index (χ1v) is 7.08. The average molecular weight is 311 g/mol. The lowest BCUT2D eigenvalue weighted by atomic mass is 10.1. The first-order chi connectivity index (χ1) is 10.5. The molecule has 8 nitrogen and oxygen atoms in total. The van der Waals surface area contributed by atoms with E-state index < -0.39 is 29.8 Å². The van der Waals surface area contributed by atoms with Gasteiger partial charge in [-0.3, -0.25) is 14.4 Å². The molecule has 1 aliphatic rings. The van der Waals surface area contributed by atoms with Crippen molar-refractivity contribution in [3.8, 4) is 0 Å². The number of piperazine rings is 1. The molecule has 1 N–H and O–H groups in total. The largest absolute Gasteiger partial charge is 0.545 e. The number of amides is 2. The average Bonchev–Trinajstić information content (AvgIpc) is 2.47. The van der Waals surface area contributed by atoms with Crippen molar-refractivity contribution < 1.29 is 29.0 Å². The SMILES string of the molecule is CCCCOC(=O)C[C@@H]1C(=O)NCCN1C(=O)/C=C/C(=O)[O-]. The maximum Gasteiger partial charge on any atom is 0.308 e. The van der Waals surface area contributed by atoms with Gasteiger partial charge in [0.25, 0.3) is 0 Å². The number of rotatable bonds is 7. The third kappa shape index (κ3) is 5.55. The zero-order chi connectivity index (χ0) is 16.5. The fourth-order valence-electron chi connectivity index (χ4n) is 1.96. The summed E-state index contributed by atoms with van der Waals surface area (Å²) in [7, 11) is 0. The summed E-state index contributed by atoms with van der Waals surface area (Å²) in [5.74, 6) is -3.21. The van der Waals surface area contributed by atoms with Crippen molar-refractivity contribution in [2.75, 3.05) is 19.7 Å². The molecule has 0 unspecified atom stereocenters. The van der Waals surface area contributed by atoms with E-state index >= 15 is 0 Å². The van der Waals surface area contributed by atoms with E-state index in [4.69, 9.17) is 4.74 Å². The molecule has 0 aromatic heterocycles. The number of hydrogen-bond donors (Lipinski definition) is 1. The zero-order valence-corrected chi connectivity index (χ0v) is 12.4. The Labute approximate surface area is 128 Å². The predicted molar refractivity (Wildman–Crippen MR) is 73.1 cm³/mol. The van der Waals surface area contributed by atoms with Gasteiger partial charge in [0, 0.05) is 19.2 Å². The highest BCUT2D eigenvalue weighted by Crippen LogP contribution is 2.11. The molecule has 1 heterocycles. The summed E-state index contributed by atoms with van der Waals surface area (Å²) in [4.78, 5) is 47.0. The molecule has 1 rings (SSSR count). The summed E-state index contributed by atoms with van der Waals surface area (Å²) in [6.07, 6.45) is 2.73. The van der Waals surface area contributed by atoms with E-state index in [1.165, 1.54) is 0 Å². The minimum Gasteiger partial charge on any atom is -0.545 e. The number of esters is 1. The van der Waals surface area contributed by atoms with Crippen LogP contribution in [0.1, 0.15) is 26.2 Å². The number of nitrogens with one attached hydrogen (secondary N) is 1. The molecule has 1 atom stereocenters. The number of nitrogens with zero attached hydrogens (tertiary/aromatic N) is 1. The third-order valence-corrected chi connectivity index (χ3v) is 3.10. The summed E-state index contributed by atoms with van der Waals surface area (Å²) in [6.45, 7) is 2.65. The Bertz CT molecular complexity index is 474. The van der Waals surface area contributed by atoms with E-state index in [-0.39, 0.29) is 26.1 Å². The molecule has 0 aromatic carbocycles. The van der Waals surface area contributed by atoms with E-state index in [0.29, 0.717) is 6.08 Å². The molecule has 0 bridgehead atoms. The van der Waals surface area contributed by atoms with Crippen LogP contribution < -0.4 is 10.4 Å². The van der Waals surface area contributed by atoms with Gasteiger partial charge in [-0.1, -0.05) is 13.3 Å². The maximum absolute atomic E-state index is 11.9. The number of carbonyl (C=O) groups is 4. The molecular formula is C14H19N2O6-. The van der Waals surface area contributed by atoms with Crippen LogP contribution in [0.2, 0.25) is 0 Å². The minimum absolute atomic E-state index is 0.189. The Hall–Kier alpha value is -2.38. The van der Waals surface area contributed by atoms with Crippen molar-refractivity contribution in [3.63, 3.8) is 0 Å². The van der Waals surface area contributed by atoms with E-state index in [9.17, 15) is 24.3 Å². The van der Waals surface area contributed by atoms with E-state index in [2.05, 4.69) is 5.32 Å². The summed E-state index contributed by atoms with van der Waals surface area (Å²) in [5, 5.41) is 12.9. The smallest absolute Gasteiger partial charge is 0.308 e. The monoisotopic (exact) mass is 311 g/mol. The van der Waals surface area contributed by atoms with Crippen LogP contribution in [0.15, 0.2) is 12.2 Å². The molecule has 1 saturated heterocycles.